The number of furan rings is 1. The van der Waals surface area contributed by atoms with Crippen LogP contribution in [0.3, 0.4) is 0 Å². The average Bonchev–Trinajstić information content (AvgIpc) is 2.86. The van der Waals surface area contributed by atoms with Gasteiger partial charge in [-0.15, -0.1) is 0 Å². The lowest BCUT2D eigenvalue weighted by molar-refractivity contribution is 0.353. The Kier molecular flexibility index (Phi) is 4.01. The molecular weight excluding hydrogens is 246 g/mol. The van der Waals surface area contributed by atoms with E-state index in [2.05, 4.69) is 15.3 Å². The molecule has 0 saturated heterocycles. The fraction of sp³-hybridized carbons (Fsp3) is 0.385. The SMILES string of the molecule is CNC(c1ccoc1C)c1ncc(OC)nc1OC. The minimum absolute atomic E-state index is 0.146. The summed E-state index contributed by atoms with van der Waals surface area (Å²) in [6.45, 7) is 1.91. The third-order valence-corrected chi connectivity index (χ3v) is 2.92. The van der Waals surface area contributed by atoms with Gasteiger partial charge in [-0.25, -0.2) is 4.98 Å². The fourth-order valence-electron chi connectivity index (χ4n) is 1.95. The molecule has 1 N–H and O–H groups in total. The lowest BCUT2D eigenvalue weighted by Gasteiger charge is -2.17. The van der Waals surface area contributed by atoms with Crippen LogP contribution >= 0.6 is 0 Å². The van der Waals surface area contributed by atoms with Crippen molar-refractivity contribution in [2.75, 3.05) is 21.3 Å². The lowest BCUT2D eigenvalue weighted by atomic mass is 10.0. The Morgan fingerprint density at radius 3 is 2.63 bits per heavy atom. The number of ether oxygens (including phenoxy) is 2. The normalized spacial score (nSPS) is 12.2. The average molecular weight is 263 g/mol. The second-order valence-corrected chi connectivity index (χ2v) is 3.96. The van der Waals surface area contributed by atoms with Crippen molar-refractivity contribution in [2.24, 2.45) is 0 Å². The van der Waals surface area contributed by atoms with Crippen LogP contribution in [0.25, 0.3) is 0 Å². The van der Waals surface area contributed by atoms with E-state index in [-0.39, 0.29) is 6.04 Å². The standard InChI is InChI=1S/C13H17N3O3/c1-8-9(5-6-19-8)11(14-2)12-13(18-4)16-10(17-3)7-15-12/h5-7,11,14H,1-4H3. The molecule has 0 saturated carbocycles. The number of aryl methyl sites for hydroxylation is 1. The summed E-state index contributed by atoms with van der Waals surface area (Å²) >= 11 is 0. The van der Waals surface area contributed by atoms with Crippen LogP contribution < -0.4 is 14.8 Å². The Hall–Kier alpha value is -2.08. The number of aromatic nitrogens is 2. The summed E-state index contributed by atoms with van der Waals surface area (Å²) < 4.78 is 15.7. The number of hydrogen-bond donors (Lipinski definition) is 1. The molecule has 2 heterocycles. The molecule has 0 amide bonds. The van der Waals surface area contributed by atoms with E-state index < -0.39 is 0 Å². The number of nitrogens with one attached hydrogen (secondary N) is 1. The van der Waals surface area contributed by atoms with Gasteiger partial charge < -0.3 is 19.2 Å². The van der Waals surface area contributed by atoms with Crippen molar-refractivity contribution in [3.63, 3.8) is 0 Å². The summed E-state index contributed by atoms with van der Waals surface area (Å²) in [5.74, 6) is 1.68. The predicted molar refractivity (Wildman–Crippen MR) is 69.5 cm³/mol. The van der Waals surface area contributed by atoms with Crippen LogP contribution in [-0.2, 0) is 0 Å². The first kappa shape index (κ1) is 13.4. The smallest absolute Gasteiger partial charge is 0.240 e. The molecule has 0 spiro atoms. The zero-order chi connectivity index (χ0) is 13.8. The zero-order valence-corrected chi connectivity index (χ0v) is 11.4. The van der Waals surface area contributed by atoms with Crippen molar-refractivity contribution in [3.8, 4) is 11.8 Å². The highest BCUT2D eigenvalue weighted by atomic mass is 16.5. The van der Waals surface area contributed by atoms with Gasteiger partial charge in [-0.2, -0.15) is 4.98 Å². The second-order valence-electron chi connectivity index (χ2n) is 3.96. The second kappa shape index (κ2) is 5.71. The molecule has 2 aromatic heterocycles. The molecule has 1 atom stereocenters. The molecule has 2 rings (SSSR count). The first-order chi connectivity index (χ1) is 9.21. The predicted octanol–water partition coefficient (Wildman–Crippen LogP) is 1.70. The van der Waals surface area contributed by atoms with Crippen LogP contribution in [-0.4, -0.2) is 31.2 Å². The van der Waals surface area contributed by atoms with Crippen LogP contribution in [0.1, 0.15) is 23.1 Å². The molecule has 1 unspecified atom stereocenters. The number of nitrogens with zero attached hydrogens (tertiary/aromatic N) is 2. The van der Waals surface area contributed by atoms with Gasteiger partial charge in [-0.1, -0.05) is 0 Å². The minimum atomic E-state index is -0.146. The van der Waals surface area contributed by atoms with Gasteiger partial charge in [-0.3, -0.25) is 0 Å². The summed E-state index contributed by atoms with van der Waals surface area (Å²) in [6, 6.07) is 1.76. The molecule has 6 nitrogen and oxygen atoms in total. The van der Waals surface area contributed by atoms with Gasteiger partial charge >= 0.3 is 0 Å². The Morgan fingerprint density at radius 2 is 2.11 bits per heavy atom. The molecule has 6 heteroatoms. The van der Waals surface area contributed by atoms with Crippen LogP contribution in [0.15, 0.2) is 22.9 Å². The molecule has 0 bridgehead atoms. The van der Waals surface area contributed by atoms with Crippen LogP contribution in [0, 0.1) is 6.92 Å². The Labute approximate surface area is 111 Å². The lowest BCUT2D eigenvalue weighted by Crippen LogP contribution is -2.20. The van der Waals surface area contributed by atoms with Gasteiger partial charge in [0.05, 0.1) is 32.7 Å². The van der Waals surface area contributed by atoms with Gasteiger partial charge in [0.1, 0.15) is 11.5 Å². The van der Waals surface area contributed by atoms with E-state index in [4.69, 9.17) is 13.9 Å². The molecule has 0 fully saturated rings. The highest BCUT2D eigenvalue weighted by Crippen LogP contribution is 2.30. The molecule has 0 aliphatic rings. The van der Waals surface area contributed by atoms with Crippen molar-refractivity contribution >= 4 is 0 Å². The molecule has 19 heavy (non-hydrogen) atoms. The molecular formula is C13H17N3O3. The molecule has 2 aromatic rings. The summed E-state index contributed by atoms with van der Waals surface area (Å²) in [5.41, 5.74) is 1.69. The van der Waals surface area contributed by atoms with Gasteiger partial charge in [0.15, 0.2) is 0 Å². The quantitative estimate of drug-likeness (QED) is 0.885. The highest BCUT2D eigenvalue weighted by Gasteiger charge is 2.23. The van der Waals surface area contributed by atoms with E-state index in [1.54, 1.807) is 26.7 Å². The molecule has 102 valence electrons. The van der Waals surface area contributed by atoms with Crippen molar-refractivity contribution in [1.82, 2.24) is 15.3 Å². The molecule has 0 aromatic carbocycles. The molecule has 0 aliphatic heterocycles. The number of methoxy groups -OCH3 is 2. The van der Waals surface area contributed by atoms with E-state index in [1.807, 2.05) is 20.0 Å². The van der Waals surface area contributed by atoms with E-state index in [9.17, 15) is 0 Å². The minimum Gasteiger partial charge on any atom is -0.480 e. The summed E-state index contributed by atoms with van der Waals surface area (Å²) in [5, 5.41) is 3.19. The Morgan fingerprint density at radius 1 is 1.32 bits per heavy atom. The van der Waals surface area contributed by atoms with Crippen LogP contribution in [0.5, 0.6) is 11.8 Å². The zero-order valence-electron chi connectivity index (χ0n) is 11.4. The van der Waals surface area contributed by atoms with Crippen molar-refractivity contribution in [2.45, 2.75) is 13.0 Å². The maximum atomic E-state index is 5.33. The molecule has 0 aliphatic carbocycles. The van der Waals surface area contributed by atoms with Crippen LogP contribution in [0.4, 0.5) is 0 Å². The maximum absolute atomic E-state index is 5.33. The van der Waals surface area contributed by atoms with Crippen molar-refractivity contribution in [1.29, 1.82) is 0 Å². The van der Waals surface area contributed by atoms with E-state index in [0.717, 1.165) is 11.3 Å². The fourth-order valence-corrected chi connectivity index (χ4v) is 1.95. The van der Waals surface area contributed by atoms with Gasteiger partial charge in [0.25, 0.3) is 0 Å². The summed E-state index contributed by atoms with van der Waals surface area (Å²) in [7, 11) is 4.95. The topological polar surface area (TPSA) is 69.4 Å². The van der Waals surface area contributed by atoms with Crippen molar-refractivity contribution in [3.05, 3.63) is 35.5 Å². The summed E-state index contributed by atoms with van der Waals surface area (Å²) in [4.78, 5) is 8.61. The van der Waals surface area contributed by atoms with E-state index in [0.29, 0.717) is 17.5 Å². The van der Waals surface area contributed by atoms with Crippen LogP contribution in [0.2, 0.25) is 0 Å². The molecule has 0 radical (unpaired) electrons. The van der Waals surface area contributed by atoms with Gasteiger partial charge in [0.2, 0.25) is 11.8 Å². The largest absolute Gasteiger partial charge is 0.480 e. The van der Waals surface area contributed by atoms with Gasteiger partial charge in [-0.05, 0) is 20.0 Å². The van der Waals surface area contributed by atoms with Crippen molar-refractivity contribution < 1.29 is 13.9 Å². The number of hydrogen-bond acceptors (Lipinski definition) is 6. The summed E-state index contributed by atoms with van der Waals surface area (Å²) in [6.07, 6.45) is 3.22. The van der Waals surface area contributed by atoms with E-state index in [1.165, 1.54) is 0 Å². The first-order valence-electron chi connectivity index (χ1n) is 5.87. The monoisotopic (exact) mass is 263 g/mol. The highest BCUT2D eigenvalue weighted by molar-refractivity contribution is 5.35. The third-order valence-electron chi connectivity index (χ3n) is 2.92. The Bertz CT molecular complexity index is 554. The number of rotatable bonds is 5. The first-order valence-corrected chi connectivity index (χ1v) is 5.87. The van der Waals surface area contributed by atoms with Gasteiger partial charge in [0, 0.05) is 5.56 Å². The maximum Gasteiger partial charge on any atom is 0.240 e. The Balaban J connectivity index is 2.46. The van der Waals surface area contributed by atoms with E-state index >= 15 is 0 Å². The third kappa shape index (κ3) is 2.53.